The smallest absolute Gasteiger partial charge is 0.243 e. The van der Waals surface area contributed by atoms with E-state index in [-0.39, 0.29) is 5.82 Å². The minimum atomic E-state index is -3.48. The molecule has 26 heavy (non-hydrogen) atoms. The molecule has 1 aliphatic heterocycles. The number of nitrogens with one attached hydrogen (secondary N) is 2. The van der Waals surface area contributed by atoms with Crippen LogP contribution in [0.2, 0.25) is 0 Å². The molecule has 1 aliphatic rings. The van der Waals surface area contributed by atoms with Gasteiger partial charge in [0, 0.05) is 48.8 Å². The summed E-state index contributed by atoms with van der Waals surface area (Å²) in [5, 5.41) is 4.07. The molecule has 0 unspecified atom stereocenters. The molecule has 1 fully saturated rings. The maximum atomic E-state index is 13.4. The Morgan fingerprint density at radius 2 is 1.81 bits per heavy atom. The zero-order valence-corrected chi connectivity index (χ0v) is 15.2. The first kappa shape index (κ1) is 17.2. The van der Waals surface area contributed by atoms with Crippen molar-refractivity contribution in [2.24, 2.45) is 0 Å². The number of halogens is 1. The quantitative estimate of drug-likeness (QED) is 0.742. The van der Waals surface area contributed by atoms with Crippen molar-refractivity contribution < 1.29 is 12.8 Å². The number of nitrogens with zero attached hydrogens (tertiary/aromatic N) is 1. The summed E-state index contributed by atoms with van der Waals surface area (Å²) < 4.78 is 40.6. The Morgan fingerprint density at radius 3 is 2.54 bits per heavy atom. The van der Waals surface area contributed by atoms with E-state index in [4.69, 9.17) is 0 Å². The summed E-state index contributed by atoms with van der Waals surface area (Å²) in [4.78, 5) is 3.39. The van der Waals surface area contributed by atoms with Gasteiger partial charge in [-0.25, -0.2) is 12.8 Å². The molecule has 0 saturated carbocycles. The van der Waals surface area contributed by atoms with Crippen molar-refractivity contribution in [1.82, 2.24) is 14.6 Å². The molecule has 4 rings (SSSR count). The molecule has 0 aliphatic carbocycles. The molecule has 1 aromatic heterocycles. The standard InChI is InChI=1S/C19H20FN3O2S/c1-13-10-15(26(24,25)23-8-6-21-7-9-23)3-5-16(13)18-12-22-19-11-14(20)2-4-17(18)19/h2-5,10-12,21-22H,6-9H2,1H3. The van der Waals surface area contributed by atoms with Crippen LogP contribution >= 0.6 is 0 Å². The lowest BCUT2D eigenvalue weighted by Gasteiger charge is -2.26. The first-order valence-corrected chi connectivity index (χ1v) is 9.99. The number of sulfonamides is 1. The van der Waals surface area contributed by atoms with E-state index < -0.39 is 10.0 Å². The van der Waals surface area contributed by atoms with Crippen LogP contribution in [0.15, 0.2) is 47.5 Å². The van der Waals surface area contributed by atoms with Gasteiger partial charge in [-0.3, -0.25) is 0 Å². The van der Waals surface area contributed by atoms with Gasteiger partial charge >= 0.3 is 0 Å². The van der Waals surface area contributed by atoms with Gasteiger partial charge in [-0.1, -0.05) is 6.07 Å². The van der Waals surface area contributed by atoms with Crippen LogP contribution in [0.25, 0.3) is 22.0 Å². The maximum Gasteiger partial charge on any atom is 0.243 e. The number of hydrogen-bond donors (Lipinski definition) is 2. The third-order valence-corrected chi connectivity index (χ3v) is 6.74. The van der Waals surface area contributed by atoms with Crippen LogP contribution in [-0.2, 0) is 10.0 Å². The highest BCUT2D eigenvalue weighted by Gasteiger charge is 2.26. The largest absolute Gasteiger partial charge is 0.360 e. The number of rotatable bonds is 3. The van der Waals surface area contributed by atoms with Crippen molar-refractivity contribution >= 4 is 20.9 Å². The summed E-state index contributed by atoms with van der Waals surface area (Å²) in [6, 6.07) is 9.82. The Kier molecular flexibility index (Phi) is 4.30. The summed E-state index contributed by atoms with van der Waals surface area (Å²) in [5.41, 5.74) is 3.45. The Morgan fingerprint density at radius 1 is 1.04 bits per heavy atom. The van der Waals surface area contributed by atoms with Gasteiger partial charge in [0.15, 0.2) is 0 Å². The minimum absolute atomic E-state index is 0.292. The van der Waals surface area contributed by atoms with Crippen LogP contribution < -0.4 is 5.32 Å². The summed E-state index contributed by atoms with van der Waals surface area (Å²) in [7, 11) is -3.48. The maximum absolute atomic E-state index is 13.4. The van der Waals surface area contributed by atoms with Gasteiger partial charge < -0.3 is 10.3 Å². The summed E-state index contributed by atoms with van der Waals surface area (Å²) in [6.07, 6.45) is 1.83. The van der Waals surface area contributed by atoms with Crippen LogP contribution in [0, 0.1) is 12.7 Å². The predicted octanol–water partition coefficient (Wildman–Crippen LogP) is 2.88. The molecule has 2 N–H and O–H groups in total. The van der Waals surface area contributed by atoms with Crippen LogP contribution in [-0.4, -0.2) is 43.9 Å². The fourth-order valence-corrected chi connectivity index (χ4v) is 4.98. The lowest BCUT2D eigenvalue weighted by molar-refractivity contribution is 0.360. The second-order valence-corrected chi connectivity index (χ2v) is 8.46. The van der Waals surface area contributed by atoms with Crippen molar-refractivity contribution in [3.63, 3.8) is 0 Å². The average molecular weight is 373 g/mol. The molecular formula is C19H20FN3O2S. The van der Waals surface area contributed by atoms with E-state index in [2.05, 4.69) is 10.3 Å². The first-order chi connectivity index (χ1) is 12.5. The monoisotopic (exact) mass is 373 g/mol. The number of H-pyrrole nitrogens is 1. The molecule has 136 valence electrons. The van der Waals surface area contributed by atoms with Crippen molar-refractivity contribution in [1.29, 1.82) is 0 Å². The SMILES string of the molecule is Cc1cc(S(=O)(=O)N2CCNCC2)ccc1-c1c[nH]c2cc(F)ccc12. The molecule has 0 spiro atoms. The average Bonchev–Trinajstić information content (AvgIpc) is 3.05. The van der Waals surface area contributed by atoms with E-state index in [1.165, 1.54) is 16.4 Å². The molecule has 0 atom stereocenters. The van der Waals surface area contributed by atoms with Crippen LogP contribution in [0.5, 0.6) is 0 Å². The molecule has 0 radical (unpaired) electrons. The molecule has 5 nitrogen and oxygen atoms in total. The number of aryl methyl sites for hydroxylation is 1. The molecular weight excluding hydrogens is 353 g/mol. The number of hydrogen-bond acceptors (Lipinski definition) is 3. The lowest BCUT2D eigenvalue weighted by atomic mass is 10.0. The van der Waals surface area contributed by atoms with E-state index in [1.54, 1.807) is 18.2 Å². The van der Waals surface area contributed by atoms with E-state index in [9.17, 15) is 12.8 Å². The molecule has 2 heterocycles. The van der Waals surface area contributed by atoms with Crippen molar-refractivity contribution in [3.05, 3.63) is 54.0 Å². The predicted molar refractivity (Wildman–Crippen MR) is 100 cm³/mol. The normalized spacial score (nSPS) is 16.2. The number of piperazine rings is 1. The summed E-state index contributed by atoms with van der Waals surface area (Å²) >= 11 is 0. The second kappa shape index (κ2) is 6.50. The molecule has 0 amide bonds. The Labute approximate surface area is 151 Å². The third kappa shape index (κ3) is 2.92. The Bertz CT molecular complexity index is 1070. The fourth-order valence-electron chi connectivity index (χ4n) is 3.45. The summed E-state index contributed by atoms with van der Waals surface area (Å²) in [6.45, 7) is 4.20. The van der Waals surface area contributed by atoms with Crippen LogP contribution in [0.4, 0.5) is 4.39 Å². The van der Waals surface area contributed by atoms with Gasteiger partial charge in [0.2, 0.25) is 10.0 Å². The van der Waals surface area contributed by atoms with Gasteiger partial charge in [0.25, 0.3) is 0 Å². The topological polar surface area (TPSA) is 65.2 Å². The van der Waals surface area contributed by atoms with Gasteiger partial charge in [-0.15, -0.1) is 0 Å². The zero-order valence-electron chi connectivity index (χ0n) is 14.4. The van der Waals surface area contributed by atoms with Gasteiger partial charge in [-0.2, -0.15) is 4.31 Å². The molecule has 1 saturated heterocycles. The molecule has 7 heteroatoms. The Hall–Kier alpha value is -2.22. The van der Waals surface area contributed by atoms with Crippen molar-refractivity contribution in [3.8, 4) is 11.1 Å². The lowest BCUT2D eigenvalue weighted by Crippen LogP contribution is -2.46. The zero-order chi connectivity index (χ0) is 18.3. The number of benzene rings is 2. The van der Waals surface area contributed by atoms with E-state index in [1.807, 2.05) is 19.2 Å². The van der Waals surface area contributed by atoms with Crippen molar-refractivity contribution in [2.75, 3.05) is 26.2 Å². The third-order valence-electron chi connectivity index (χ3n) is 4.85. The number of aromatic nitrogens is 1. The summed E-state index contributed by atoms with van der Waals surface area (Å²) in [5.74, 6) is -0.292. The van der Waals surface area contributed by atoms with Gasteiger partial charge in [-0.05, 0) is 48.4 Å². The van der Waals surface area contributed by atoms with E-state index >= 15 is 0 Å². The Balaban J connectivity index is 1.74. The first-order valence-electron chi connectivity index (χ1n) is 8.55. The van der Waals surface area contributed by atoms with Crippen LogP contribution in [0.1, 0.15) is 5.56 Å². The molecule has 0 bridgehead atoms. The number of fused-ring (bicyclic) bond motifs is 1. The van der Waals surface area contributed by atoms with Crippen molar-refractivity contribution in [2.45, 2.75) is 11.8 Å². The highest BCUT2D eigenvalue weighted by Crippen LogP contribution is 2.32. The molecule has 2 aromatic carbocycles. The fraction of sp³-hybridized carbons (Fsp3) is 0.263. The minimum Gasteiger partial charge on any atom is -0.360 e. The van der Waals surface area contributed by atoms with Crippen LogP contribution in [0.3, 0.4) is 0 Å². The number of aromatic amines is 1. The van der Waals surface area contributed by atoms with Gasteiger partial charge in [0.1, 0.15) is 5.82 Å². The van der Waals surface area contributed by atoms with E-state index in [0.29, 0.717) is 31.1 Å². The highest BCUT2D eigenvalue weighted by atomic mass is 32.2. The highest BCUT2D eigenvalue weighted by molar-refractivity contribution is 7.89. The second-order valence-electron chi connectivity index (χ2n) is 6.52. The molecule has 3 aromatic rings. The van der Waals surface area contributed by atoms with Gasteiger partial charge in [0.05, 0.1) is 4.90 Å². The van der Waals surface area contributed by atoms with E-state index in [0.717, 1.165) is 27.6 Å².